The normalized spacial score (nSPS) is 21.9. The van der Waals surface area contributed by atoms with Gasteiger partial charge < -0.3 is 9.47 Å². The third-order valence-corrected chi connectivity index (χ3v) is 3.69. The van der Waals surface area contributed by atoms with E-state index in [4.69, 9.17) is 9.47 Å². The molecule has 0 amide bonds. The van der Waals surface area contributed by atoms with E-state index in [0.29, 0.717) is 6.61 Å². The van der Waals surface area contributed by atoms with Gasteiger partial charge in [0.15, 0.2) is 0 Å². The Labute approximate surface area is 124 Å². The van der Waals surface area contributed by atoms with Gasteiger partial charge in [-0.3, -0.25) is 0 Å². The minimum absolute atomic E-state index is 0.00187. The number of halogens is 2. The summed E-state index contributed by atoms with van der Waals surface area (Å²) in [6.45, 7) is 3.22. The van der Waals surface area contributed by atoms with Crippen LogP contribution in [0.1, 0.15) is 44.3 Å². The van der Waals surface area contributed by atoms with Crippen molar-refractivity contribution < 1.29 is 18.3 Å². The number of hydrogen-bond acceptors (Lipinski definition) is 2. The van der Waals surface area contributed by atoms with Gasteiger partial charge in [-0.05, 0) is 43.0 Å². The standard InChI is InChI=1S/C17H22F2O2/c1-2-3-10-20-15-7-5-14(6-8-15)16-9-4-13(12-21-16)11-17(18)19/h5-8,11,13,16H,2-4,9-10,12H2,1H3. The van der Waals surface area contributed by atoms with Gasteiger partial charge in [0.25, 0.3) is 6.08 Å². The maximum Gasteiger partial charge on any atom is 0.266 e. The Morgan fingerprint density at radius 3 is 2.62 bits per heavy atom. The first-order chi connectivity index (χ1) is 10.2. The van der Waals surface area contributed by atoms with Crippen LogP contribution in [0.15, 0.2) is 36.4 Å². The summed E-state index contributed by atoms with van der Waals surface area (Å²) in [7, 11) is 0. The summed E-state index contributed by atoms with van der Waals surface area (Å²) in [5.74, 6) is 0.700. The third kappa shape index (κ3) is 5.12. The van der Waals surface area contributed by atoms with E-state index in [1.54, 1.807) is 0 Å². The van der Waals surface area contributed by atoms with E-state index in [0.717, 1.165) is 49.7 Å². The predicted octanol–water partition coefficient (Wildman–Crippen LogP) is 5.11. The highest BCUT2D eigenvalue weighted by atomic mass is 19.3. The highest BCUT2D eigenvalue weighted by Gasteiger charge is 2.22. The molecule has 0 saturated carbocycles. The first-order valence-electron chi connectivity index (χ1n) is 7.56. The highest BCUT2D eigenvalue weighted by molar-refractivity contribution is 5.28. The molecule has 1 fully saturated rings. The maximum absolute atomic E-state index is 12.2. The van der Waals surface area contributed by atoms with Gasteiger partial charge in [0, 0.05) is 5.92 Å². The van der Waals surface area contributed by atoms with Crippen molar-refractivity contribution >= 4 is 0 Å². The first kappa shape index (κ1) is 16.0. The monoisotopic (exact) mass is 296 g/mol. The molecule has 0 N–H and O–H groups in total. The van der Waals surface area contributed by atoms with Crippen molar-refractivity contribution in [3.8, 4) is 5.75 Å². The second kappa shape index (κ2) is 8.13. The van der Waals surface area contributed by atoms with Crippen LogP contribution < -0.4 is 4.74 Å². The lowest BCUT2D eigenvalue weighted by Gasteiger charge is -2.27. The molecule has 1 aliphatic rings. The van der Waals surface area contributed by atoms with Crippen LogP contribution in [0.2, 0.25) is 0 Å². The Morgan fingerprint density at radius 2 is 2.05 bits per heavy atom. The molecule has 21 heavy (non-hydrogen) atoms. The van der Waals surface area contributed by atoms with Crippen molar-refractivity contribution in [2.24, 2.45) is 5.92 Å². The molecular formula is C17H22F2O2. The highest BCUT2D eigenvalue weighted by Crippen LogP contribution is 2.32. The van der Waals surface area contributed by atoms with Crippen LogP contribution in [0.25, 0.3) is 0 Å². The Hall–Kier alpha value is -1.42. The lowest BCUT2D eigenvalue weighted by molar-refractivity contribution is -0.00608. The van der Waals surface area contributed by atoms with E-state index >= 15 is 0 Å². The number of ether oxygens (including phenoxy) is 2. The number of rotatable bonds is 6. The molecule has 2 unspecified atom stereocenters. The summed E-state index contributed by atoms with van der Waals surface area (Å²) in [6.07, 6.45) is 3.05. The van der Waals surface area contributed by atoms with Gasteiger partial charge in [0.1, 0.15) is 5.75 Å². The van der Waals surface area contributed by atoms with Gasteiger partial charge in [-0.15, -0.1) is 0 Å². The average molecular weight is 296 g/mol. The van der Waals surface area contributed by atoms with E-state index in [-0.39, 0.29) is 12.0 Å². The smallest absolute Gasteiger partial charge is 0.266 e. The molecule has 0 radical (unpaired) electrons. The van der Waals surface area contributed by atoms with Crippen molar-refractivity contribution in [3.63, 3.8) is 0 Å². The van der Waals surface area contributed by atoms with Gasteiger partial charge >= 0.3 is 0 Å². The Balaban J connectivity index is 1.84. The zero-order valence-corrected chi connectivity index (χ0v) is 12.4. The summed E-state index contributed by atoms with van der Waals surface area (Å²) in [5.41, 5.74) is 1.08. The molecule has 4 heteroatoms. The number of hydrogen-bond donors (Lipinski definition) is 0. The molecule has 2 nitrogen and oxygen atoms in total. The van der Waals surface area contributed by atoms with Crippen molar-refractivity contribution in [3.05, 3.63) is 42.0 Å². The lowest BCUT2D eigenvalue weighted by atomic mass is 9.95. The third-order valence-electron chi connectivity index (χ3n) is 3.69. The topological polar surface area (TPSA) is 18.5 Å². The zero-order chi connectivity index (χ0) is 15.1. The number of unbranched alkanes of at least 4 members (excludes halogenated alkanes) is 1. The van der Waals surface area contributed by atoms with Crippen LogP contribution in [0, 0.1) is 5.92 Å². The van der Waals surface area contributed by atoms with Crippen LogP contribution in [0.5, 0.6) is 5.75 Å². The van der Waals surface area contributed by atoms with Gasteiger partial charge in [-0.1, -0.05) is 25.5 Å². The van der Waals surface area contributed by atoms with Crippen molar-refractivity contribution in [1.82, 2.24) is 0 Å². The van der Waals surface area contributed by atoms with Gasteiger partial charge in [-0.25, -0.2) is 0 Å². The molecule has 0 aromatic heterocycles. The fraction of sp³-hybridized carbons (Fsp3) is 0.529. The summed E-state index contributed by atoms with van der Waals surface area (Å²) in [4.78, 5) is 0. The molecule has 1 saturated heterocycles. The minimum Gasteiger partial charge on any atom is -0.494 e. The molecule has 1 aliphatic heterocycles. The molecule has 0 spiro atoms. The molecule has 0 aliphatic carbocycles. The summed E-state index contributed by atoms with van der Waals surface area (Å²) in [5, 5.41) is 0. The minimum atomic E-state index is -1.62. The van der Waals surface area contributed by atoms with E-state index in [2.05, 4.69) is 6.92 Å². The summed E-state index contributed by atoms with van der Waals surface area (Å²) < 4.78 is 35.7. The van der Waals surface area contributed by atoms with E-state index < -0.39 is 6.08 Å². The quantitative estimate of drug-likeness (QED) is 0.679. The summed E-state index contributed by atoms with van der Waals surface area (Å²) in [6, 6.07) is 7.89. The Kier molecular flexibility index (Phi) is 6.18. The Morgan fingerprint density at radius 1 is 1.29 bits per heavy atom. The fourth-order valence-corrected chi connectivity index (χ4v) is 2.46. The zero-order valence-electron chi connectivity index (χ0n) is 12.4. The van der Waals surface area contributed by atoms with Crippen LogP contribution in [0.3, 0.4) is 0 Å². The predicted molar refractivity (Wildman–Crippen MR) is 78.6 cm³/mol. The van der Waals surface area contributed by atoms with Gasteiger partial charge in [-0.2, -0.15) is 8.78 Å². The molecule has 116 valence electrons. The number of benzene rings is 1. The van der Waals surface area contributed by atoms with Crippen molar-refractivity contribution in [2.75, 3.05) is 13.2 Å². The van der Waals surface area contributed by atoms with E-state index in [1.807, 2.05) is 24.3 Å². The molecule has 1 heterocycles. The SMILES string of the molecule is CCCCOc1ccc(C2CCC(C=C(F)F)CO2)cc1. The first-order valence-corrected chi connectivity index (χ1v) is 7.56. The molecule has 0 bridgehead atoms. The van der Waals surface area contributed by atoms with Crippen LogP contribution in [-0.2, 0) is 4.74 Å². The molecule has 2 atom stereocenters. The van der Waals surface area contributed by atoms with Gasteiger partial charge in [0.2, 0.25) is 0 Å². The average Bonchev–Trinajstić information content (AvgIpc) is 2.49. The fourth-order valence-electron chi connectivity index (χ4n) is 2.46. The Bertz CT molecular complexity index is 444. The summed E-state index contributed by atoms with van der Waals surface area (Å²) >= 11 is 0. The van der Waals surface area contributed by atoms with E-state index in [9.17, 15) is 8.78 Å². The second-order valence-electron chi connectivity index (χ2n) is 5.39. The van der Waals surface area contributed by atoms with Crippen LogP contribution in [0.4, 0.5) is 8.78 Å². The van der Waals surface area contributed by atoms with Crippen molar-refractivity contribution in [2.45, 2.75) is 38.7 Å². The molecule has 1 aromatic rings. The van der Waals surface area contributed by atoms with Crippen molar-refractivity contribution in [1.29, 1.82) is 0 Å². The second-order valence-corrected chi connectivity index (χ2v) is 5.39. The largest absolute Gasteiger partial charge is 0.494 e. The molecule has 2 rings (SSSR count). The maximum atomic E-state index is 12.2. The van der Waals surface area contributed by atoms with Crippen LogP contribution in [-0.4, -0.2) is 13.2 Å². The van der Waals surface area contributed by atoms with Crippen LogP contribution >= 0.6 is 0 Å². The van der Waals surface area contributed by atoms with Gasteiger partial charge in [0.05, 0.1) is 19.3 Å². The lowest BCUT2D eigenvalue weighted by Crippen LogP contribution is -2.19. The van der Waals surface area contributed by atoms with E-state index in [1.165, 1.54) is 0 Å². The molecular weight excluding hydrogens is 274 g/mol. The molecule has 1 aromatic carbocycles.